The Morgan fingerprint density at radius 1 is 1.12 bits per heavy atom. The summed E-state index contributed by atoms with van der Waals surface area (Å²) >= 11 is 0. The van der Waals surface area contributed by atoms with E-state index in [0.717, 1.165) is 5.56 Å². The van der Waals surface area contributed by atoms with Crippen molar-refractivity contribution >= 4 is 30.8 Å². The zero-order chi connectivity index (χ0) is 24.9. The van der Waals surface area contributed by atoms with E-state index in [9.17, 15) is 14.0 Å². The van der Waals surface area contributed by atoms with Gasteiger partial charge in [0.05, 0.1) is 14.7 Å². The number of rotatable bonds is 9. The number of hydrogen-bond acceptors (Lipinski definition) is 6. The van der Waals surface area contributed by atoms with Crippen LogP contribution in [0.15, 0.2) is 46.9 Å². The van der Waals surface area contributed by atoms with Gasteiger partial charge in [0.15, 0.2) is 0 Å². The monoisotopic (exact) mass is 484 g/mol. The van der Waals surface area contributed by atoms with Gasteiger partial charge in [-0.05, 0) is 28.4 Å². The first kappa shape index (κ1) is 25.3. The van der Waals surface area contributed by atoms with Crippen molar-refractivity contribution in [2.24, 2.45) is 0 Å². The summed E-state index contributed by atoms with van der Waals surface area (Å²) in [7, 11) is -0.266. The maximum atomic E-state index is 14.7. The van der Waals surface area contributed by atoms with E-state index in [-0.39, 0.29) is 18.1 Å². The lowest BCUT2D eigenvalue weighted by Gasteiger charge is -2.21. The van der Waals surface area contributed by atoms with Crippen LogP contribution in [0.5, 0.6) is 0 Å². The van der Waals surface area contributed by atoms with Gasteiger partial charge in [-0.25, -0.2) is 4.39 Å². The number of aryl methyl sites for hydroxylation is 1. The number of methoxy groups -OCH3 is 1. The summed E-state index contributed by atoms with van der Waals surface area (Å²) in [5, 5.41) is 13.6. The van der Waals surface area contributed by atoms with E-state index in [2.05, 4.69) is 20.8 Å². The number of benzene rings is 2. The zero-order valence-corrected chi connectivity index (χ0v) is 20.9. The number of anilines is 1. The third-order valence-electron chi connectivity index (χ3n) is 5.12. The van der Waals surface area contributed by atoms with Crippen LogP contribution in [0.4, 0.5) is 10.1 Å². The van der Waals surface area contributed by atoms with Crippen LogP contribution in [0.2, 0.25) is 19.6 Å². The third-order valence-corrected chi connectivity index (χ3v) is 7.14. The molecule has 2 N–H and O–H groups in total. The third kappa shape index (κ3) is 6.58. The van der Waals surface area contributed by atoms with Crippen LogP contribution in [0, 0.1) is 12.7 Å². The molecule has 0 unspecified atom stereocenters. The molecule has 0 radical (unpaired) electrons. The molecule has 0 bridgehead atoms. The van der Waals surface area contributed by atoms with Gasteiger partial charge < -0.3 is 19.8 Å². The first-order valence-corrected chi connectivity index (χ1v) is 14.3. The molecule has 8 nitrogen and oxygen atoms in total. The van der Waals surface area contributed by atoms with E-state index < -0.39 is 25.9 Å². The van der Waals surface area contributed by atoms with E-state index in [1.165, 1.54) is 6.07 Å². The van der Waals surface area contributed by atoms with Crippen molar-refractivity contribution in [1.29, 1.82) is 0 Å². The molecule has 0 aliphatic rings. The number of amides is 2. The number of carbonyl (C=O) groups excluding carboxylic acids is 2. The smallest absolute Gasteiger partial charge is 0.251 e. The quantitative estimate of drug-likeness (QED) is 0.452. The Hall–Kier alpha value is -3.37. The summed E-state index contributed by atoms with van der Waals surface area (Å²) in [6.45, 7) is 8.19. The molecule has 2 aromatic carbocycles. The van der Waals surface area contributed by atoms with Gasteiger partial charge in [-0.2, -0.15) is 0 Å². The first-order valence-electron chi connectivity index (χ1n) is 10.8. The Balaban J connectivity index is 1.82. The van der Waals surface area contributed by atoms with E-state index in [4.69, 9.17) is 9.15 Å². The van der Waals surface area contributed by atoms with Gasteiger partial charge in [-0.1, -0.05) is 50.0 Å². The van der Waals surface area contributed by atoms with Crippen molar-refractivity contribution in [2.45, 2.75) is 45.6 Å². The minimum Gasteiger partial charge on any atom is -0.425 e. The predicted octanol–water partition coefficient (Wildman–Crippen LogP) is 3.25. The van der Waals surface area contributed by atoms with Crippen LogP contribution in [0.3, 0.4) is 0 Å². The van der Waals surface area contributed by atoms with E-state index in [0.29, 0.717) is 28.9 Å². The molecule has 10 heteroatoms. The van der Waals surface area contributed by atoms with Crippen molar-refractivity contribution in [1.82, 2.24) is 15.5 Å². The summed E-state index contributed by atoms with van der Waals surface area (Å²) < 4.78 is 25.1. The molecule has 180 valence electrons. The second-order valence-electron chi connectivity index (χ2n) is 9.00. The average Bonchev–Trinajstić information content (AvgIpc) is 3.16. The number of nitrogens with zero attached hydrogens (tertiary/aromatic N) is 2. The SMILES string of the molecule is COCc1ccc([C@@H](NC(=O)Cc2nnc(C)o2)C(=O)Nc2ccc([Si](C)(C)C)c(F)c2)cc1. The fourth-order valence-corrected chi connectivity index (χ4v) is 4.82. The summed E-state index contributed by atoms with van der Waals surface area (Å²) in [5.41, 5.74) is 1.79. The fourth-order valence-electron chi connectivity index (χ4n) is 3.45. The Kier molecular flexibility index (Phi) is 7.95. The second kappa shape index (κ2) is 10.7. The number of ether oxygens (including phenoxy) is 1. The number of carbonyl (C=O) groups is 2. The van der Waals surface area contributed by atoms with Crippen LogP contribution >= 0.6 is 0 Å². The van der Waals surface area contributed by atoms with E-state index in [1.54, 1.807) is 38.3 Å². The summed E-state index contributed by atoms with van der Waals surface area (Å²) in [5.74, 6) is -0.837. The van der Waals surface area contributed by atoms with Gasteiger partial charge in [0.25, 0.3) is 5.91 Å². The minimum absolute atomic E-state index is 0.147. The van der Waals surface area contributed by atoms with E-state index >= 15 is 0 Å². The second-order valence-corrected chi connectivity index (χ2v) is 14.0. The van der Waals surface area contributed by atoms with Gasteiger partial charge in [0.2, 0.25) is 17.7 Å². The van der Waals surface area contributed by atoms with Crippen molar-refractivity contribution in [2.75, 3.05) is 12.4 Å². The number of nitrogens with one attached hydrogen (secondary N) is 2. The number of aromatic nitrogens is 2. The van der Waals surface area contributed by atoms with Crippen LogP contribution in [0.25, 0.3) is 0 Å². The van der Waals surface area contributed by atoms with E-state index in [1.807, 2.05) is 31.8 Å². The predicted molar refractivity (Wildman–Crippen MR) is 129 cm³/mol. The van der Waals surface area contributed by atoms with Crippen LogP contribution in [0.1, 0.15) is 29.0 Å². The Bertz CT molecular complexity index is 1160. The highest BCUT2D eigenvalue weighted by molar-refractivity contribution is 6.88. The Morgan fingerprint density at radius 2 is 1.82 bits per heavy atom. The summed E-state index contributed by atoms with van der Waals surface area (Å²) in [6.07, 6.45) is -0.175. The molecule has 0 spiro atoms. The molecular weight excluding hydrogens is 455 g/mol. The van der Waals surface area contributed by atoms with Gasteiger partial charge >= 0.3 is 0 Å². The van der Waals surface area contributed by atoms with Crippen LogP contribution in [-0.4, -0.2) is 37.2 Å². The lowest BCUT2D eigenvalue weighted by atomic mass is 10.0. The van der Waals surface area contributed by atoms with Gasteiger partial charge in [0.1, 0.15) is 18.3 Å². The lowest BCUT2D eigenvalue weighted by Crippen LogP contribution is -2.40. The Morgan fingerprint density at radius 3 is 2.38 bits per heavy atom. The van der Waals surface area contributed by atoms with Crippen molar-refractivity contribution in [3.05, 3.63) is 71.2 Å². The molecule has 3 rings (SSSR count). The molecule has 2 amide bonds. The molecule has 34 heavy (non-hydrogen) atoms. The molecule has 3 aromatic rings. The summed E-state index contributed by atoms with van der Waals surface area (Å²) in [6, 6.07) is 10.8. The minimum atomic E-state index is -1.86. The van der Waals surface area contributed by atoms with Crippen molar-refractivity contribution in [3.63, 3.8) is 0 Å². The largest absolute Gasteiger partial charge is 0.425 e. The van der Waals surface area contributed by atoms with Gasteiger partial charge in [-0.3, -0.25) is 9.59 Å². The molecule has 0 fully saturated rings. The molecule has 1 atom stereocenters. The fraction of sp³-hybridized carbons (Fsp3) is 0.333. The highest BCUT2D eigenvalue weighted by atomic mass is 28.3. The molecule has 0 saturated heterocycles. The average molecular weight is 485 g/mol. The first-order chi connectivity index (χ1) is 16.1. The van der Waals surface area contributed by atoms with Crippen LogP contribution < -0.4 is 15.8 Å². The maximum Gasteiger partial charge on any atom is 0.251 e. The van der Waals surface area contributed by atoms with Gasteiger partial charge in [0, 0.05) is 19.7 Å². The zero-order valence-electron chi connectivity index (χ0n) is 19.9. The van der Waals surface area contributed by atoms with Crippen molar-refractivity contribution in [3.8, 4) is 0 Å². The topological polar surface area (TPSA) is 106 Å². The normalized spacial score (nSPS) is 12.3. The molecule has 1 aromatic heterocycles. The number of hydrogen-bond donors (Lipinski definition) is 2. The molecule has 1 heterocycles. The Labute approximate surface area is 198 Å². The molecule has 0 aliphatic carbocycles. The van der Waals surface area contributed by atoms with Crippen LogP contribution in [-0.2, 0) is 27.4 Å². The summed E-state index contributed by atoms with van der Waals surface area (Å²) in [4.78, 5) is 25.8. The number of halogens is 1. The lowest BCUT2D eigenvalue weighted by molar-refractivity contribution is -0.126. The molecule has 0 aliphatic heterocycles. The maximum absolute atomic E-state index is 14.7. The molecule has 0 saturated carbocycles. The standard InChI is InChI=1S/C24H29FN4O4Si/c1-15-28-29-22(33-15)13-21(30)27-23(17-8-6-16(7-9-17)14-32-2)24(31)26-18-10-11-20(19(25)12-18)34(3,4)5/h6-12,23H,13-14H2,1-5H3,(H,26,31)(H,27,30)/t23-/m1/s1. The van der Waals surface area contributed by atoms with Crippen molar-refractivity contribution < 1.29 is 23.1 Å². The highest BCUT2D eigenvalue weighted by Gasteiger charge is 2.25. The van der Waals surface area contributed by atoms with Gasteiger partial charge in [-0.15, -0.1) is 10.2 Å². The molecular formula is C24H29FN4O4Si. The highest BCUT2D eigenvalue weighted by Crippen LogP contribution is 2.19.